The molecule has 0 spiro atoms. The van der Waals surface area contributed by atoms with Gasteiger partial charge < -0.3 is 76.4 Å². The molecule has 15 atom stereocenters. The summed E-state index contributed by atoms with van der Waals surface area (Å²) in [6.07, 6.45) is -22.5. The quantitative estimate of drug-likeness (QED) is 0.129. The first kappa shape index (κ1) is 59.3. The standard InChI is InChI=1S/C50H63NO24/c1-25(52)51-39-43(63-20-34-16-12-10-13-17-34)40(66-28(4)55)38(72-48(39)64-21-35-18-14-11-15-19-35)24-65-49-46(70-32(8)59)45(69-31(7)58)42(37(73-49)23-62-27(3)54)75-50-47(71-33(9)60)44(68-30(6)57)41(67-29(5)56)36(74-50)22-61-26(2)53/h10-19,36-50H,20-24H2,1-9H3,(H,51,52)/t36-,37-,38+,39+,40+,41+,42-,43+,44+,45-,46+,47-,48+,49-,50+/m0/s1. The Morgan fingerprint density at radius 1 is 0.387 bits per heavy atom. The monoisotopic (exact) mass is 1060 g/mol. The summed E-state index contributed by atoms with van der Waals surface area (Å²) in [5, 5.41) is 2.82. The average Bonchev–Trinajstić information content (AvgIpc) is 3.32. The molecule has 5 rings (SSSR count). The van der Waals surface area contributed by atoms with Crippen LogP contribution in [0.25, 0.3) is 0 Å². The molecular formula is C50H63NO24. The fraction of sp³-hybridized carbons (Fsp3) is 0.580. The third-order valence-corrected chi connectivity index (χ3v) is 11.2. The molecule has 0 saturated carbocycles. The zero-order valence-electron chi connectivity index (χ0n) is 42.8. The maximum Gasteiger partial charge on any atom is 0.303 e. The van der Waals surface area contributed by atoms with Crippen molar-refractivity contribution < 1.29 is 114 Å². The highest BCUT2D eigenvalue weighted by Gasteiger charge is 2.58. The Balaban J connectivity index is 1.58. The third-order valence-electron chi connectivity index (χ3n) is 11.2. The number of hydrogen-bond donors (Lipinski definition) is 1. The molecule has 0 aliphatic carbocycles. The number of benzene rings is 2. The highest BCUT2D eigenvalue weighted by atomic mass is 16.8. The lowest BCUT2D eigenvalue weighted by molar-refractivity contribution is -0.365. The summed E-state index contributed by atoms with van der Waals surface area (Å²) in [6.45, 7) is 7.63. The van der Waals surface area contributed by atoms with Crippen molar-refractivity contribution in [2.45, 2.75) is 168 Å². The SMILES string of the molecule is CC(=O)N[C@H]1[C@H](OCc2ccccc2)O[C@H](CO[C@H]2O[C@@H](COC(C)=O)[C@H](O[C@H]3O[C@@H](COC(C)=O)[C@@H](OC(C)=O)[C@@H](OC(C)=O)[C@@H]3OC(C)=O)[C@H](OC(C)=O)[C@H]2OC(C)=O)[C@@H](OC(C)=O)[C@@H]1OCc1ccccc1. The predicted molar refractivity (Wildman–Crippen MR) is 247 cm³/mol. The van der Waals surface area contributed by atoms with Crippen molar-refractivity contribution in [3.63, 3.8) is 0 Å². The van der Waals surface area contributed by atoms with Crippen molar-refractivity contribution in [3.05, 3.63) is 71.8 Å². The summed E-state index contributed by atoms with van der Waals surface area (Å²) in [4.78, 5) is 114. The zero-order valence-corrected chi connectivity index (χ0v) is 42.8. The summed E-state index contributed by atoms with van der Waals surface area (Å²) < 4.78 is 89.2. The zero-order chi connectivity index (χ0) is 54.9. The fourth-order valence-electron chi connectivity index (χ4n) is 8.42. The molecular weight excluding hydrogens is 999 g/mol. The van der Waals surface area contributed by atoms with Crippen LogP contribution >= 0.6 is 0 Å². The van der Waals surface area contributed by atoms with Crippen molar-refractivity contribution in [2.24, 2.45) is 0 Å². The lowest BCUT2D eigenvalue weighted by Crippen LogP contribution is -2.68. The van der Waals surface area contributed by atoms with E-state index in [1.807, 2.05) is 12.1 Å². The van der Waals surface area contributed by atoms with E-state index in [2.05, 4.69) is 5.32 Å². The summed E-state index contributed by atoms with van der Waals surface area (Å²) in [5.74, 6) is -7.69. The van der Waals surface area contributed by atoms with Gasteiger partial charge in [-0.25, -0.2) is 0 Å². The summed E-state index contributed by atoms with van der Waals surface area (Å²) in [6, 6.07) is 16.9. The van der Waals surface area contributed by atoms with E-state index in [0.717, 1.165) is 66.5 Å². The lowest BCUT2D eigenvalue weighted by Gasteiger charge is -2.49. The van der Waals surface area contributed by atoms with Crippen LogP contribution in [0.4, 0.5) is 0 Å². The van der Waals surface area contributed by atoms with Gasteiger partial charge in [0.15, 0.2) is 55.5 Å². The number of ether oxygens (including phenoxy) is 15. The molecule has 0 bridgehead atoms. The minimum Gasteiger partial charge on any atom is -0.463 e. The van der Waals surface area contributed by atoms with E-state index >= 15 is 0 Å². The molecule has 2 aromatic rings. The van der Waals surface area contributed by atoms with Crippen molar-refractivity contribution in [3.8, 4) is 0 Å². The smallest absolute Gasteiger partial charge is 0.303 e. The van der Waals surface area contributed by atoms with E-state index in [-0.39, 0.29) is 13.2 Å². The Labute approximate surface area is 431 Å². The highest BCUT2D eigenvalue weighted by molar-refractivity contribution is 5.73. The van der Waals surface area contributed by atoms with Gasteiger partial charge in [-0.1, -0.05) is 60.7 Å². The van der Waals surface area contributed by atoms with Crippen molar-refractivity contribution >= 4 is 53.7 Å². The van der Waals surface area contributed by atoms with Crippen molar-refractivity contribution in [1.29, 1.82) is 0 Å². The molecule has 25 nitrogen and oxygen atoms in total. The molecule has 412 valence electrons. The van der Waals surface area contributed by atoms with Crippen LogP contribution in [0.1, 0.15) is 73.4 Å². The van der Waals surface area contributed by atoms with Crippen LogP contribution in [0.2, 0.25) is 0 Å². The minimum atomic E-state index is -1.93. The molecule has 1 amide bonds. The van der Waals surface area contributed by atoms with Gasteiger partial charge in [0.1, 0.15) is 49.8 Å². The summed E-state index contributed by atoms with van der Waals surface area (Å²) in [7, 11) is 0. The van der Waals surface area contributed by atoms with Gasteiger partial charge >= 0.3 is 47.8 Å². The van der Waals surface area contributed by atoms with Gasteiger partial charge in [0.25, 0.3) is 0 Å². The Kier molecular flexibility index (Phi) is 22.4. The van der Waals surface area contributed by atoms with E-state index in [4.69, 9.17) is 71.1 Å². The molecule has 0 unspecified atom stereocenters. The van der Waals surface area contributed by atoms with Gasteiger partial charge in [-0.05, 0) is 11.1 Å². The molecule has 1 N–H and O–H groups in total. The number of nitrogens with one attached hydrogen (secondary N) is 1. The topological polar surface area (TPSA) is 304 Å². The van der Waals surface area contributed by atoms with Gasteiger partial charge in [-0.3, -0.25) is 43.2 Å². The Morgan fingerprint density at radius 3 is 1.23 bits per heavy atom. The Bertz CT molecular complexity index is 2280. The Hall–Kier alpha value is -6.61. The number of carbonyl (C=O) groups excluding carboxylic acids is 9. The molecule has 0 aromatic heterocycles. The molecule has 3 saturated heterocycles. The molecule has 25 heteroatoms. The molecule has 3 fully saturated rings. The number of esters is 8. The van der Waals surface area contributed by atoms with Crippen LogP contribution in [0.15, 0.2) is 60.7 Å². The summed E-state index contributed by atoms with van der Waals surface area (Å²) in [5.41, 5.74) is 1.45. The van der Waals surface area contributed by atoms with Crippen LogP contribution in [0.3, 0.4) is 0 Å². The van der Waals surface area contributed by atoms with E-state index in [9.17, 15) is 43.2 Å². The molecule has 2 aromatic carbocycles. The van der Waals surface area contributed by atoms with Crippen molar-refractivity contribution in [2.75, 3.05) is 19.8 Å². The van der Waals surface area contributed by atoms with E-state index in [1.165, 1.54) is 6.92 Å². The molecule has 3 aliphatic rings. The van der Waals surface area contributed by atoms with Crippen LogP contribution in [-0.2, 0) is 127 Å². The maximum atomic E-state index is 13.1. The van der Waals surface area contributed by atoms with E-state index in [1.54, 1.807) is 48.5 Å². The number of amides is 1. The maximum absolute atomic E-state index is 13.1. The van der Waals surface area contributed by atoms with E-state index < -0.39 is 166 Å². The number of hydrogen-bond acceptors (Lipinski definition) is 24. The van der Waals surface area contributed by atoms with Crippen LogP contribution < -0.4 is 5.32 Å². The van der Waals surface area contributed by atoms with Gasteiger partial charge in [0.2, 0.25) is 5.91 Å². The number of carbonyl (C=O) groups is 9. The normalized spacial score (nSPS) is 29.3. The van der Waals surface area contributed by atoms with Crippen LogP contribution in [-0.4, -0.2) is 166 Å². The van der Waals surface area contributed by atoms with Gasteiger partial charge in [0.05, 0.1) is 19.8 Å². The first-order chi connectivity index (χ1) is 35.6. The van der Waals surface area contributed by atoms with Gasteiger partial charge in [0, 0.05) is 62.3 Å². The minimum absolute atomic E-state index is 0.0259. The second kappa shape index (κ2) is 28.3. The summed E-state index contributed by atoms with van der Waals surface area (Å²) >= 11 is 0. The highest BCUT2D eigenvalue weighted by Crippen LogP contribution is 2.37. The molecule has 75 heavy (non-hydrogen) atoms. The molecule has 0 radical (unpaired) electrons. The van der Waals surface area contributed by atoms with Crippen molar-refractivity contribution in [1.82, 2.24) is 5.32 Å². The van der Waals surface area contributed by atoms with Gasteiger partial charge in [-0.2, -0.15) is 0 Å². The fourth-order valence-corrected chi connectivity index (χ4v) is 8.42. The average molecular weight is 1060 g/mol. The second-order valence-electron chi connectivity index (χ2n) is 17.4. The Morgan fingerprint density at radius 2 is 0.760 bits per heavy atom. The van der Waals surface area contributed by atoms with E-state index in [0.29, 0.717) is 0 Å². The van der Waals surface area contributed by atoms with Gasteiger partial charge in [-0.15, -0.1) is 0 Å². The first-order valence-corrected chi connectivity index (χ1v) is 23.7. The second-order valence-corrected chi connectivity index (χ2v) is 17.4. The van der Waals surface area contributed by atoms with Crippen LogP contribution in [0.5, 0.6) is 0 Å². The lowest BCUT2D eigenvalue weighted by atomic mass is 9.95. The first-order valence-electron chi connectivity index (χ1n) is 23.7. The van der Waals surface area contributed by atoms with Crippen LogP contribution in [0, 0.1) is 0 Å². The third kappa shape index (κ3) is 18.0. The predicted octanol–water partition coefficient (Wildman–Crippen LogP) is 1.59. The number of rotatable bonds is 22. The molecule has 3 heterocycles. The largest absolute Gasteiger partial charge is 0.463 e. The molecule has 3 aliphatic heterocycles.